The van der Waals surface area contributed by atoms with Crippen LogP contribution >= 0.6 is 0 Å². The number of hydrogen-bond acceptors (Lipinski definition) is 10. The molecule has 0 spiro atoms. The Kier molecular flexibility index (Phi) is 71.3. The molecule has 0 bridgehead atoms. The van der Waals surface area contributed by atoms with Gasteiger partial charge < -0.3 is 50.5 Å². The summed E-state index contributed by atoms with van der Waals surface area (Å²) in [6.07, 6.45) is 87.3. The van der Waals surface area contributed by atoms with Crippen molar-refractivity contribution in [3.8, 4) is 0 Å². The molecule has 0 aromatic heterocycles. The van der Waals surface area contributed by atoms with Crippen LogP contribution in [-0.2, 0) is 14.3 Å². The second-order valence-electron chi connectivity index (χ2n) is 30.2. The van der Waals surface area contributed by atoms with Crippen molar-refractivity contribution >= 4 is 5.91 Å². The number of rotatable bonds is 77. The van der Waals surface area contributed by atoms with Gasteiger partial charge in [-0.25, -0.2) is 0 Å². The number of nitrogens with one attached hydrogen (secondary N) is 1. The molecule has 9 atom stereocenters. The zero-order valence-corrected chi connectivity index (χ0v) is 64.1. The first-order valence-electron chi connectivity index (χ1n) is 42.9. The van der Waals surface area contributed by atoms with E-state index in [1.54, 1.807) is 0 Å². The van der Waals surface area contributed by atoms with Gasteiger partial charge in [0, 0.05) is 0 Å². The third kappa shape index (κ3) is 60.5. The van der Waals surface area contributed by atoms with Crippen LogP contribution in [0.15, 0.2) is 36.5 Å². The number of hydrogen-bond donors (Lipinski definition) is 8. The van der Waals surface area contributed by atoms with E-state index in [0.29, 0.717) is 19.3 Å². The molecule has 1 rings (SSSR count). The molecule has 0 aliphatic carbocycles. The maximum atomic E-state index is 13.3. The van der Waals surface area contributed by atoms with Gasteiger partial charge in [0.15, 0.2) is 6.29 Å². The minimum atomic E-state index is -1.67. The van der Waals surface area contributed by atoms with Crippen molar-refractivity contribution in [1.29, 1.82) is 0 Å². The molecular weight excluding hydrogens is 1210 g/mol. The summed E-state index contributed by atoms with van der Waals surface area (Å²) in [7, 11) is 0. The highest BCUT2D eigenvalue weighted by Gasteiger charge is 2.44. The lowest BCUT2D eigenvalue weighted by molar-refractivity contribution is -0.303. The van der Waals surface area contributed by atoms with Crippen LogP contribution in [0.4, 0.5) is 0 Å². The third-order valence-corrected chi connectivity index (χ3v) is 20.9. The molecule has 97 heavy (non-hydrogen) atoms. The average molecular weight is 1370 g/mol. The van der Waals surface area contributed by atoms with Crippen LogP contribution in [0.5, 0.6) is 0 Å². The van der Waals surface area contributed by atoms with Crippen LogP contribution in [0.2, 0.25) is 0 Å². The number of allylic oxidation sites excluding steroid dienone is 6. The first kappa shape index (κ1) is 93.3. The zero-order chi connectivity index (χ0) is 70.2. The van der Waals surface area contributed by atoms with Crippen molar-refractivity contribution in [2.24, 2.45) is 0 Å². The second-order valence-corrected chi connectivity index (χ2v) is 30.2. The number of carbonyl (C=O) groups excluding carboxylic acids is 1. The van der Waals surface area contributed by atoms with E-state index in [1.807, 2.05) is 0 Å². The first-order valence-corrected chi connectivity index (χ1v) is 42.9. The predicted molar refractivity (Wildman–Crippen MR) is 413 cm³/mol. The largest absolute Gasteiger partial charge is 0.394 e. The lowest BCUT2D eigenvalue weighted by atomic mass is 9.98. The standard InChI is InChI=1S/C86H165NO10/c1-3-5-7-9-11-13-15-17-19-21-23-25-27-29-31-33-35-37-38-39-40-41-42-44-46-48-50-52-54-56-58-60-62-64-66-68-70-72-74-79(90)85(95)87-77(76-96-86-84(94)83(93)82(92)80(75-88)97-86)81(91)78(89)73-71-69-67-65-63-61-59-57-55-53-51-49-47-45-43-36-34-32-30-28-26-24-22-20-18-16-14-12-10-8-6-4-2/h49,51,57,59,65,67,77-84,86,88-94H,3-48,50,52-56,58,60-64,66,68-76H2,1-2H3,(H,87,95)/b51-49+,59-57+,67-65+. The summed E-state index contributed by atoms with van der Waals surface area (Å²) < 4.78 is 11.2. The summed E-state index contributed by atoms with van der Waals surface area (Å²) in [6.45, 7) is 3.51. The van der Waals surface area contributed by atoms with Gasteiger partial charge in [-0.2, -0.15) is 0 Å². The quantitative estimate of drug-likeness (QED) is 0.0215. The van der Waals surface area contributed by atoms with Crippen molar-refractivity contribution in [3.05, 3.63) is 36.5 Å². The Hall–Kier alpha value is -1.67. The van der Waals surface area contributed by atoms with Gasteiger partial charge in [-0.05, 0) is 64.2 Å². The molecule has 1 amide bonds. The Morgan fingerprint density at radius 3 is 0.918 bits per heavy atom. The highest BCUT2D eigenvalue weighted by Crippen LogP contribution is 2.25. The van der Waals surface area contributed by atoms with Crippen LogP contribution in [-0.4, -0.2) is 110 Å². The van der Waals surface area contributed by atoms with E-state index < -0.39 is 74.2 Å². The monoisotopic (exact) mass is 1370 g/mol. The van der Waals surface area contributed by atoms with Crippen LogP contribution in [0.3, 0.4) is 0 Å². The van der Waals surface area contributed by atoms with E-state index in [4.69, 9.17) is 9.47 Å². The number of amides is 1. The van der Waals surface area contributed by atoms with Gasteiger partial charge >= 0.3 is 0 Å². The Bertz CT molecular complexity index is 1680. The van der Waals surface area contributed by atoms with E-state index in [0.717, 1.165) is 44.9 Å². The fourth-order valence-electron chi connectivity index (χ4n) is 14.1. The lowest BCUT2D eigenvalue weighted by Crippen LogP contribution is -2.60. The molecule has 0 radical (unpaired) electrons. The molecule has 0 aromatic rings. The van der Waals surface area contributed by atoms with Crippen LogP contribution in [0, 0.1) is 0 Å². The fraction of sp³-hybridized carbons (Fsp3) is 0.919. The van der Waals surface area contributed by atoms with Crippen LogP contribution < -0.4 is 5.32 Å². The van der Waals surface area contributed by atoms with Crippen molar-refractivity contribution in [3.63, 3.8) is 0 Å². The number of aliphatic hydroxyl groups is 7. The van der Waals surface area contributed by atoms with Gasteiger partial charge in [0.05, 0.1) is 25.4 Å². The van der Waals surface area contributed by atoms with Crippen molar-refractivity contribution < 1.29 is 50.0 Å². The number of aliphatic hydroxyl groups excluding tert-OH is 7. The predicted octanol–water partition coefficient (Wildman–Crippen LogP) is 22.8. The molecule has 8 N–H and O–H groups in total. The second kappa shape index (κ2) is 74.1. The molecule has 1 fully saturated rings. The topological polar surface area (TPSA) is 189 Å². The average Bonchev–Trinajstić information content (AvgIpc) is 0.827. The van der Waals surface area contributed by atoms with Gasteiger partial charge in [0.1, 0.15) is 36.6 Å². The SMILES string of the molecule is CCCCCCCCCCCCCCCCCCCCC/C=C/CC/C=C/CC/C=C/CCCC(O)C(O)C(COC1OC(CO)C(O)C(O)C1O)NC(=O)C(O)CCCCCCCCCCCCCCCCCCCCCCCCCCCCCCCCCCCCCCCC. The summed E-state index contributed by atoms with van der Waals surface area (Å²) in [5.74, 6) is -0.704. The minimum absolute atomic E-state index is 0.243. The third-order valence-electron chi connectivity index (χ3n) is 20.9. The van der Waals surface area contributed by atoms with Crippen LogP contribution in [0.1, 0.15) is 438 Å². The summed E-state index contributed by atoms with van der Waals surface area (Å²) in [5.41, 5.74) is 0. The molecule has 1 aliphatic rings. The van der Waals surface area contributed by atoms with Crippen LogP contribution in [0.25, 0.3) is 0 Å². The van der Waals surface area contributed by atoms with E-state index >= 15 is 0 Å². The Morgan fingerprint density at radius 2 is 0.619 bits per heavy atom. The summed E-state index contributed by atoms with van der Waals surface area (Å²) in [5, 5.41) is 76.8. The molecule has 1 aliphatic heterocycles. The Labute approximate surface area is 600 Å². The number of ether oxygens (including phenoxy) is 2. The molecule has 9 unspecified atom stereocenters. The molecule has 1 heterocycles. The van der Waals surface area contributed by atoms with Gasteiger partial charge in [-0.3, -0.25) is 4.79 Å². The molecule has 11 heteroatoms. The van der Waals surface area contributed by atoms with E-state index in [9.17, 15) is 40.5 Å². The number of carbonyl (C=O) groups is 1. The summed E-state index contributed by atoms with van der Waals surface area (Å²) in [6, 6.07) is -1.20. The van der Waals surface area contributed by atoms with E-state index in [-0.39, 0.29) is 12.8 Å². The minimum Gasteiger partial charge on any atom is -0.394 e. The number of unbranched alkanes of at least 4 members (excludes halogenated alkanes) is 59. The first-order chi connectivity index (χ1) is 47.7. The Balaban J connectivity index is 2.12. The van der Waals surface area contributed by atoms with Gasteiger partial charge in [-0.15, -0.1) is 0 Å². The molecule has 11 nitrogen and oxygen atoms in total. The van der Waals surface area contributed by atoms with Gasteiger partial charge in [0.25, 0.3) is 0 Å². The molecular formula is C86H165NO10. The fourth-order valence-corrected chi connectivity index (χ4v) is 14.1. The van der Waals surface area contributed by atoms with Crippen molar-refractivity contribution in [2.75, 3.05) is 13.2 Å². The summed E-state index contributed by atoms with van der Waals surface area (Å²) >= 11 is 0. The normalized spacial score (nSPS) is 18.1. The highest BCUT2D eigenvalue weighted by atomic mass is 16.7. The van der Waals surface area contributed by atoms with Gasteiger partial charge in [0.2, 0.25) is 5.91 Å². The Morgan fingerprint density at radius 1 is 0.351 bits per heavy atom. The smallest absolute Gasteiger partial charge is 0.249 e. The maximum absolute atomic E-state index is 13.3. The lowest BCUT2D eigenvalue weighted by Gasteiger charge is -2.40. The summed E-state index contributed by atoms with van der Waals surface area (Å²) in [4.78, 5) is 13.3. The molecule has 0 aromatic carbocycles. The van der Waals surface area contributed by atoms with E-state index in [1.165, 1.54) is 347 Å². The van der Waals surface area contributed by atoms with Crippen molar-refractivity contribution in [1.82, 2.24) is 5.32 Å². The van der Waals surface area contributed by atoms with E-state index in [2.05, 4.69) is 55.6 Å². The maximum Gasteiger partial charge on any atom is 0.249 e. The molecule has 574 valence electrons. The molecule has 1 saturated heterocycles. The zero-order valence-electron chi connectivity index (χ0n) is 64.1. The highest BCUT2D eigenvalue weighted by molar-refractivity contribution is 5.80. The van der Waals surface area contributed by atoms with Gasteiger partial charge in [-0.1, -0.05) is 410 Å². The van der Waals surface area contributed by atoms with Crippen molar-refractivity contribution in [2.45, 2.75) is 493 Å². The molecule has 0 saturated carbocycles.